The number of para-hydroxylation sites is 1. The number of nitrogens with zero attached hydrogens (tertiary/aromatic N) is 2. The third-order valence-corrected chi connectivity index (χ3v) is 7.69. The Kier molecular flexibility index (Phi) is 7.14. The maximum absolute atomic E-state index is 13.2. The third kappa shape index (κ3) is 5.57. The highest BCUT2D eigenvalue weighted by atomic mass is 19.1. The zero-order valence-electron chi connectivity index (χ0n) is 20.4. The molecule has 5 heteroatoms. The Morgan fingerprint density at radius 1 is 0.886 bits per heavy atom. The first-order chi connectivity index (χ1) is 17.1. The number of amides is 1. The van der Waals surface area contributed by atoms with Gasteiger partial charge in [-0.15, -0.1) is 0 Å². The van der Waals surface area contributed by atoms with E-state index in [1.54, 1.807) is 0 Å². The van der Waals surface area contributed by atoms with E-state index in [1.807, 2.05) is 12.1 Å². The molecule has 1 saturated heterocycles. The molecule has 1 unspecified atom stereocenters. The number of carbonyl (C=O) groups excluding carboxylic acids is 1. The molecule has 0 radical (unpaired) electrons. The minimum Gasteiger partial charge on any atom is -0.369 e. The van der Waals surface area contributed by atoms with E-state index >= 15 is 0 Å². The summed E-state index contributed by atoms with van der Waals surface area (Å²) >= 11 is 0. The van der Waals surface area contributed by atoms with Gasteiger partial charge in [0, 0.05) is 48.7 Å². The highest BCUT2D eigenvalue weighted by Crippen LogP contribution is 2.37. The molecule has 1 saturated carbocycles. The smallest absolute Gasteiger partial charge is 0.255 e. The van der Waals surface area contributed by atoms with Crippen molar-refractivity contribution in [3.63, 3.8) is 0 Å². The van der Waals surface area contributed by atoms with E-state index in [0.717, 1.165) is 25.3 Å². The molecule has 0 spiro atoms. The summed E-state index contributed by atoms with van der Waals surface area (Å²) in [7, 11) is 0. The van der Waals surface area contributed by atoms with E-state index in [0.29, 0.717) is 23.6 Å². The fourth-order valence-corrected chi connectivity index (χ4v) is 5.80. The number of anilines is 2. The number of carbonyl (C=O) groups is 1. The topological polar surface area (TPSA) is 35.6 Å². The molecular formula is C30H34FN3O. The summed E-state index contributed by atoms with van der Waals surface area (Å²) in [6.45, 7) is 5.66. The Labute approximate surface area is 207 Å². The molecule has 0 aromatic heterocycles. The first kappa shape index (κ1) is 23.6. The Morgan fingerprint density at radius 2 is 1.63 bits per heavy atom. The van der Waals surface area contributed by atoms with Crippen LogP contribution < -0.4 is 10.2 Å². The van der Waals surface area contributed by atoms with Crippen LogP contribution in [0.15, 0.2) is 78.9 Å². The summed E-state index contributed by atoms with van der Waals surface area (Å²) in [5.41, 5.74) is 3.87. The highest BCUT2D eigenvalue weighted by Gasteiger charge is 2.32. The van der Waals surface area contributed by atoms with E-state index in [9.17, 15) is 9.18 Å². The second kappa shape index (κ2) is 10.6. The Bertz CT molecular complexity index is 1130. The van der Waals surface area contributed by atoms with Gasteiger partial charge in [0.2, 0.25) is 0 Å². The molecule has 2 fully saturated rings. The van der Waals surface area contributed by atoms with Crippen LogP contribution in [0, 0.1) is 5.82 Å². The second-order valence-corrected chi connectivity index (χ2v) is 9.96. The molecular weight excluding hydrogens is 437 g/mol. The summed E-state index contributed by atoms with van der Waals surface area (Å²) in [4.78, 5) is 17.8. The van der Waals surface area contributed by atoms with Crippen molar-refractivity contribution in [1.82, 2.24) is 4.90 Å². The molecule has 1 N–H and O–H groups in total. The van der Waals surface area contributed by atoms with Crippen molar-refractivity contribution >= 4 is 17.3 Å². The largest absolute Gasteiger partial charge is 0.369 e. The lowest BCUT2D eigenvalue weighted by Gasteiger charge is -2.46. The highest BCUT2D eigenvalue weighted by molar-refractivity contribution is 6.04. The summed E-state index contributed by atoms with van der Waals surface area (Å²) in [6.07, 6.45) is 4.77. The van der Waals surface area contributed by atoms with Crippen LogP contribution in [-0.4, -0.2) is 42.5 Å². The maximum atomic E-state index is 13.2. The van der Waals surface area contributed by atoms with E-state index in [4.69, 9.17) is 0 Å². The number of nitrogens with one attached hydrogen (secondary N) is 1. The monoisotopic (exact) mass is 471 g/mol. The van der Waals surface area contributed by atoms with Crippen LogP contribution in [0.3, 0.4) is 0 Å². The first-order valence-electron chi connectivity index (χ1n) is 12.8. The molecule has 182 valence electrons. The van der Waals surface area contributed by atoms with Crippen molar-refractivity contribution in [3.8, 4) is 0 Å². The molecule has 35 heavy (non-hydrogen) atoms. The van der Waals surface area contributed by atoms with Crippen molar-refractivity contribution in [2.24, 2.45) is 0 Å². The molecule has 2 aliphatic rings. The van der Waals surface area contributed by atoms with Crippen LogP contribution in [-0.2, 0) is 0 Å². The summed E-state index contributed by atoms with van der Waals surface area (Å²) in [6, 6.07) is 25.8. The van der Waals surface area contributed by atoms with Crippen molar-refractivity contribution in [2.75, 3.05) is 29.9 Å². The fourth-order valence-electron chi connectivity index (χ4n) is 5.80. The van der Waals surface area contributed by atoms with Gasteiger partial charge in [0.1, 0.15) is 5.82 Å². The Balaban J connectivity index is 1.16. The summed E-state index contributed by atoms with van der Waals surface area (Å²) in [5.74, 6) is -0.0315. The van der Waals surface area contributed by atoms with Gasteiger partial charge in [-0.25, -0.2) is 4.39 Å². The number of benzene rings is 3. The van der Waals surface area contributed by atoms with Crippen molar-refractivity contribution in [1.29, 1.82) is 0 Å². The molecule has 5 rings (SSSR count). The predicted octanol–water partition coefficient (Wildman–Crippen LogP) is 6.31. The van der Waals surface area contributed by atoms with Gasteiger partial charge in [0.15, 0.2) is 0 Å². The average Bonchev–Trinajstić information content (AvgIpc) is 2.90. The van der Waals surface area contributed by atoms with Crippen molar-refractivity contribution in [2.45, 2.75) is 50.6 Å². The van der Waals surface area contributed by atoms with Crippen LogP contribution in [0.1, 0.15) is 54.4 Å². The van der Waals surface area contributed by atoms with Crippen molar-refractivity contribution < 1.29 is 9.18 Å². The Hall–Kier alpha value is -3.18. The number of piperazine rings is 1. The van der Waals surface area contributed by atoms with Gasteiger partial charge >= 0.3 is 0 Å². The van der Waals surface area contributed by atoms with Gasteiger partial charge < -0.3 is 10.2 Å². The molecule has 0 bridgehead atoms. The lowest BCUT2D eigenvalue weighted by Crippen LogP contribution is -2.56. The molecule has 1 amide bonds. The second-order valence-electron chi connectivity index (χ2n) is 9.96. The predicted molar refractivity (Wildman–Crippen MR) is 141 cm³/mol. The van der Waals surface area contributed by atoms with E-state index in [1.165, 1.54) is 61.2 Å². The normalized spacial score (nSPS) is 23.1. The minimum atomic E-state index is -0.341. The van der Waals surface area contributed by atoms with Crippen LogP contribution in [0.2, 0.25) is 0 Å². The van der Waals surface area contributed by atoms with Crippen LogP contribution in [0.25, 0.3) is 0 Å². The molecule has 1 aliphatic carbocycles. The van der Waals surface area contributed by atoms with Gasteiger partial charge in [0.25, 0.3) is 5.91 Å². The van der Waals surface area contributed by atoms with Gasteiger partial charge in [-0.05, 0) is 92.6 Å². The number of hydrogen-bond donors (Lipinski definition) is 1. The van der Waals surface area contributed by atoms with Crippen LogP contribution >= 0.6 is 0 Å². The molecule has 3 aromatic carbocycles. The third-order valence-electron chi connectivity index (χ3n) is 7.69. The van der Waals surface area contributed by atoms with Crippen LogP contribution in [0.5, 0.6) is 0 Å². The van der Waals surface area contributed by atoms with Gasteiger partial charge in [-0.3, -0.25) is 9.69 Å². The molecule has 1 heterocycles. The maximum Gasteiger partial charge on any atom is 0.255 e. The Morgan fingerprint density at radius 3 is 2.34 bits per heavy atom. The number of hydrogen-bond acceptors (Lipinski definition) is 3. The van der Waals surface area contributed by atoms with E-state index in [-0.39, 0.29) is 11.7 Å². The first-order valence-corrected chi connectivity index (χ1v) is 12.8. The SMILES string of the molecule is CC1CN(c2ccccc2)CCN1C1CCC(c2cccc(NC(=O)c3ccc(F)cc3)c2)CC1. The fraction of sp³-hybridized carbons (Fsp3) is 0.367. The quantitative estimate of drug-likeness (QED) is 0.473. The standard InChI is InChI=1S/C30H34FN3O/c1-22-21-33(28-8-3-2-4-9-28)18-19-34(22)29-16-12-23(13-17-29)25-6-5-7-27(20-25)32-30(35)24-10-14-26(31)15-11-24/h2-11,14-15,20,22-23,29H,12-13,16-19,21H2,1H3,(H,32,35). The zero-order chi connectivity index (χ0) is 24.2. The molecule has 3 aromatic rings. The molecule has 1 aliphatic heterocycles. The lowest BCUT2D eigenvalue weighted by atomic mass is 9.80. The summed E-state index contributed by atoms with van der Waals surface area (Å²) in [5, 5.41) is 2.97. The van der Waals surface area contributed by atoms with Crippen molar-refractivity contribution in [3.05, 3.63) is 95.8 Å². The van der Waals surface area contributed by atoms with E-state index in [2.05, 4.69) is 64.5 Å². The van der Waals surface area contributed by atoms with Gasteiger partial charge in [0.05, 0.1) is 0 Å². The number of halogens is 1. The lowest BCUT2D eigenvalue weighted by molar-refractivity contribution is 0.0965. The minimum absolute atomic E-state index is 0.213. The zero-order valence-corrected chi connectivity index (χ0v) is 20.4. The van der Waals surface area contributed by atoms with Crippen LogP contribution in [0.4, 0.5) is 15.8 Å². The number of rotatable bonds is 5. The van der Waals surface area contributed by atoms with Gasteiger partial charge in [-0.1, -0.05) is 30.3 Å². The molecule has 1 atom stereocenters. The molecule has 4 nitrogen and oxygen atoms in total. The van der Waals surface area contributed by atoms with Gasteiger partial charge in [-0.2, -0.15) is 0 Å². The average molecular weight is 472 g/mol. The summed E-state index contributed by atoms with van der Waals surface area (Å²) < 4.78 is 13.2. The van der Waals surface area contributed by atoms with E-state index < -0.39 is 0 Å².